The van der Waals surface area contributed by atoms with E-state index in [0.717, 1.165) is 18.4 Å². The Labute approximate surface area is 88.9 Å². The molecule has 0 amide bonds. The maximum atomic E-state index is 5.66. The van der Waals surface area contributed by atoms with Crippen LogP contribution in [0.5, 0.6) is 0 Å². The van der Waals surface area contributed by atoms with Gasteiger partial charge in [-0.05, 0) is 49.5 Å². The van der Waals surface area contributed by atoms with E-state index in [9.17, 15) is 0 Å². The molecule has 0 spiro atoms. The Hall–Kier alpha value is 0.250. The molecule has 0 atom stereocenters. The molecule has 1 fully saturated rings. The van der Waals surface area contributed by atoms with Crippen molar-refractivity contribution < 1.29 is 0 Å². The third kappa shape index (κ3) is 3.86. The molecule has 1 aliphatic carbocycles. The fourth-order valence-electron chi connectivity index (χ4n) is 2.26. The lowest BCUT2D eigenvalue weighted by atomic mass is 9.70. The van der Waals surface area contributed by atoms with E-state index in [1.54, 1.807) is 0 Å². The summed E-state index contributed by atoms with van der Waals surface area (Å²) < 4.78 is 0. The first-order valence-electron chi connectivity index (χ1n) is 5.24. The summed E-state index contributed by atoms with van der Waals surface area (Å²) in [5.74, 6) is 1.75. The Morgan fingerprint density at radius 3 is 1.85 bits per heavy atom. The average molecular weight is 206 g/mol. The minimum atomic E-state index is 0. The fourth-order valence-corrected chi connectivity index (χ4v) is 2.26. The van der Waals surface area contributed by atoms with Crippen molar-refractivity contribution in [3.05, 3.63) is 0 Å². The van der Waals surface area contributed by atoms with Crippen molar-refractivity contribution in [1.29, 1.82) is 0 Å². The van der Waals surface area contributed by atoms with Crippen LogP contribution in [0.15, 0.2) is 0 Å². The first-order chi connectivity index (χ1) is 5.54. The molecule has 1 rings (SSSR count). The van der Waals surface area contributed by atoms with Crippen molar-refractivity contribution in [1.82, 2.24) is 0 Å². The number of hydrogen-bond acceptors (Lipinski definition) is 1. The maximum absolute atomic E-state index is 5.66. The first kappa shape index (κ1) is 13.2. The zero-order valence-corrected chi connectivity index (χ0v) is 9.99. The largest absolute Gasteiger partial charge is 0.330 e. The molecule has 0 aliphatic heterocycles. The molecule has 0 radical (unpaired) electrons. The summed E-state index contributed by atoms with van der Waals surface area (Å²) in [5, 5.41) is 0. The van der Waals surface area contributed by atoms with Crippen LogP contribution in [0.25, 0.3) is 0 Å². The summed E-state index contributed by atoms with van der Waals surface area (Å²) in [7, 11) is 0. The molecular formula is C11H24ClN. The van der Waals surface area contributed by atoms with Crippen LogP contribution >= 0.6 is 12.4 Å². The minimum Gasteiger partial charge on any atom is -0.330 e. The number of halogens is 1. The van der Waals surface area contributed by atoms with E-state index in [1.165, 1.54) is 25.7 Å². The monoisotopic (exact) mass is 205 g/mol. The van der Waals surface area contributed by atoms with Crippen LogP contribution < -0.4 is 5.73 Å². The molecule has 13 heavy (non-hydrogen) atoms. The van der Waals surface area contributed by atoms with Gasteiger partial charge in [-0.15, -0.1) is 12.4 Å². The van der Waals surface area contributed by atoms with Crippen molar-refractivity contribution in [2.24, 2.45) is 23.0 Å². The van der Waals surface area contributed by atoms with E-state index in [4.69, 9.17) is 5.73 Å². The molecule has 0 unspecified atom stereocenters. The SMILES string of the molecule is CC(C)(C)C1CCC(CN)CC1.Cl. The summed E-state index contributed by atoms with van der Waals surface area (Å²) >= 11 is 0. The van der Waals surface area contributed by atoms with Crippen LogP contribution in [0.2, 0.25) is 0 Å². The molecule has 0 aromatic heterocycles. The van der Waals surface area contributed by atoms with Gasteiger partial charge in [0, 0.05) is 0 Å². The van der Waals surface area contributed by atoms with Crippen LogP contribution in [0, 0.1) is 17.3 Å². The van der Waals surface area contributed by atoms with E-state index in [-0.39, 0.29) is 12.4 Å². The zero-order chi connectivity index (χ0) is 9.19. The summed E-state index contributed by atoms with van der Waals surface area (Å²) in [5.41, 5.74) is 6.17. The van der Waals surface area contributed by atoms with Crippen LogP contribution in [-0.4, -0.2) is 6.54 Å². The van der Waals surface area contributed by atoms with Crippen molar-refractivity contribution in [3.63, 3.8) is 0 Å². The second kappa shape index (κ2) is 5.21. The third-order valence-electron chi connectivity index (χ3n) is 3.40. The van der Waals surface area contributed by atoms with Gasteiger partial charge in [0.2, 0.25) is 0 Å². The molecule has 1 saturated carbocycles. The van der Waals surface area contributed by atoms with Gasteiger partial charge in [0.05, 0.1) is 0 Å². The van der Waals surface area contributed by atoms with Crippen molar-refractivity contribution >= 4 is 12.4 Å². The van der Waals surface area contributed by atoms with Gasteiger partial charge in [-0.1, -0.05) is 20.8 Å². The van der Waals surface area contributed by atoms with E-state index >= 15 is 0 Å². The van der Waals surface area contributed by atoms with Gasteiger partial charge in [-0.3, -0.25) is 0 Å². The summed E-state index contributed by atoms with van der Waals surface area (Å²) in [4.78, 5) is 0. The highest BCUT2D eigenvalue weighted by molar-refractivity contribution is 5.85. The second-order valence-corrected chi connectivity index (χ2v) is 5.32. The smallest absolute Gasteiger partial charge is 0.00489 e. The predicted octanol–water partition coefficient (Wildman–Crippen LogP) is 3.22. The van der Waals surface area contributed by atoms with Gasteiger partial charge in [-0.25, -0.2) is 0 Å². The fraction of sp³-hybridized carbons (Fsp3) is 1.00. The Kier molecular flexibility index (Phi) is 5.31. The van der Waals surface area contributed by atoms with E-state index in [0.29, 0.717) is 5.41 Å². The summed E-state index contributed by atoms with van der Waals surface area (Å²) in [6.07, 6.45) is 5.51. The number of hydrogen-bond donors (Lipinski definition) is 1. The highest BCUT2D eigenvalue weighted by Crippen LogP contribution is 2.39. The Morgan fingerprint density at radius 2 is 1.54 bits per heavy atom. The first-order valence-corrected chi connectivity index (χ1v) is 5.24. The third-order valence-corrected chi connectivity index (χ3v) is 3.40. The topological polar surface area (TPSA) is 26.0 Å². The van der Waals surface area contributed by atoms with E-state index < -0.39 is 0 Å². The molecule has 2 heteroatoms. The Bertz CT molecular complexity index is 132. The standard InChI is InChI=1S/C11H23N.ClH/c1-11(2,3)10-6-4-9(8-12)5-7-10;/h9-10H,4-8,12H2,1-3H3;1H. The second-order valence-electron chi connectivity index (χ2n) is 5.32. The van der Waals surface area contributed by atoms with Gasteiger partial charge in [0.15, 0.2) is 0 Å². The summed E-state index contributed by atoms with van der Waals surface area (Å²) in [6.45, 7) is 7.98. The molecule has 1 aliphatic rings. The van der Waals surface area contributed by atoms with Gasteiger partial charge < -0.3 is 5.73 Å². The zero-order valence-electron chi connectivity index (χ0n) is 9.18. The lowest BCUT2D eigenvalue weighted by molar-refractivity contribution is 0.152. The van der Waals surface area contributed by atoms with Crippen LogP contribution in [0.4, 0.5) is 0 Å². The molecule has 80 valence electrons. The van der Waals surface area contributed by atoms with Gasteiger partial charge in [0.25, 0.3) is 0 Å². The van der Waals surface area contributed by atoms with Crippen LogP contribution in [0.1, 0.15) is 46.5 Å². The van der Waals surface area contributed by atoms with Crippen LogP contribution in [0.3, 0.4) is 0 Å². The average Bonchev–Trinajstić information content (AvgIpc) is 2.03. The van der Waals surface area contributed by atoms with Crippen molar-refractivity contribution in [3.8, 4) is 0 Å². The quantitative estimate of drug-likeness (QED) is 0.699. The Balaban J connectivity index is 0.00000144. The normalized spacial score (nSPS) is 29.5. The minimum absolute atomic E-state index is 0. The molecule has 0 bridgehead atoms. The van der Waals surface area contributed by atoms with E-state index in [1.807, 2.05) is 0 Å². The lowest BCUT2D eigenvalue weighted by Crippen LogP contribution is -2.28. The van der Waals surface area contributed by atoms with Crippen LogP contribution in [-0.2, 0) is 0 Å². The molecular weight excluding hydrogens is 182 g/mol. The Morgan fingerprint density at radius 1 is 1.08 bits per heavy atom. The van der Waals surface area contributed by atoms with E-state index in [2.05, 4.69) is 20.8 Å². The molecule has 2 N–H and O–H groups in total. The number of nitrogens with two attached hydrogens (primary N) is 1. The van der Waals surface area contributed by atoms with Crippen molar-refractivity contribution in [2.45, 2.75) is 46.5 Å². The molecule has 0 saturated heterocycles. The lowest BCUT2D eigenvalue weighted by Gasteiger charge is -2.36. The van der Waals surface area contributed by atoms with Crippen molar-refractivity contribution in [2.75, 3.05) is 6.54 Å². The molecule has 0 heterocycles. The van der Waals surface area contributed by atoms with Gasteiger partial charge >= 0.3 is 0 Å². The highest BCUT2D eigenvalue weighted by atomic mass is 35.5. The number of rotatable bonds is 1. The van der Waals surface area contributed by atoms with Gasteiger partial charge in [-0.2, -0.15) is 0 Å². The summed E-state index contributed by atoms with van der Waals surface area (Å²) in [6, 6.07) is 0. The highest BCUT2D eigenvalue weighted by Gasteiger charge is 2.28. The van der Waals surface area contributed by atoms with Gasteiger partial charge in [0.1, 0.15) is 0 Å². The molecule has 0 aromatic carbocycles. The predicted molar refractivity (Wildman–Crippen MR) is 61.2 cm³/mol. The maximum Gasteiger partial charge on any atom is -0.00489 e. The molecule has 1 nitrogen and oxygen atoms in total. The molecule has 0 aromatic rings.